The molecule has 0 atom stereocenters. The Morgan fingerprint density at radius 2 is 2.25 bits per heavy atom. The summed E-state index contributed by atoms with van der Waals surface area (Å²) in [5.74, 6) is 0.871. The van der Waals surface area contributed by atoms with Crippen LogP contribution in [0.2, 0.25) is 0 Å². The van der Waals surface area contributed by atoms with E-state index >= 15 is 0 Å². The lowest BCUT2D eigenvalue weighted by Crippen LogP contribution is -2.22. The third-order valence-corrected chi connectivity index (χ3v) is 2.94. The van der Waals surface area contributed by atoms with E-state index in [0.717, 1.165) is 17.9 Å². The second-order valence-corrected chi connectivity index (χ2v) is 4.71. The van der Waals surface area contributed by atoms with Crippen LogP contribution in [0.5, 0.6) is 0 Å². The fraction of sp³-hybridized carbons (Fsp3) is 0.286. The summed E-state index contributed by atoms with van der Waals surface area (Å²) >= 11 is 0. The molecule has 20 heavy (non-hydrogen) atoms. The number of amides is 1. The molecule has 1 aromatic carbocycles. The maximum absolute atomic E-state index is 11.9. The molecule has 0 saturated heterocycles. The Bertz CT molecular complexity index is 577. The molecule has 0 aliphatic heterocycles. The van der Waals surface area contributed by atoms with Crippen molar-refractivity contribution in [2.24, 2.45) is 0 Å². The monoisotopic (exact) mass is 273 g/mol. The van der Waals surface area contributed by atoms with Crippen molar-refractivity contribution in [3.05, 3.63) is 42.0 Å². The Kier molecular flexibility index (Phi) is 4.24. The summed E-state index contributed by atoms with van der Waals surface area (Å²) in [5.41, 5.74) is 7.92. The van der Waals surface area contributed by atoms with Gasteiger partial charge >= 0.3 is 0 Å². The van der Waals surface area contributed by atoms with Crippen molar-refractivity contribution < 1.29 is 4.79 Å². The first-order chi connectivity index (χ1) is 9.58. The number of nitrogen functional groups attached to an aromatic ring is 1. The van der Waals surface area contributed by atoms with Gasteiger partial charge < -0.3 is 20.9 Å². The van der Waals surface area contributed by atoms with Crippen LogP contribution < -0.4 is 11.1 Å². The van der Waals surface area contributed by atoms with E-state index in [0.29, 0.717) is 17.8 Å². The molecule has 1 amide bonds. The SMILES string of the molecule is CN(C)C(=O)c1ccc(N)c(NCCc2ncc[nH]2)c1. The molecule has 1 aromatic heterocycles. The van der Waals surface area contributed by atoms with Gasteiger partial charge in [0.25, 0.3) is 5.91 Å². The first-order valence-electron chi connectivity index (χ1n) is 6.41. The second kappa shape index (κ2) is 6.10. The van der Waals surface area contributed by atoms with Gasteiger partial charge in [0.2, 0.25) is 0 Å². The van der Waals surface area contributed by atoms with Gasteiger partial charge in [-0.15, -0.1) is 0 Å². The number of rotatable bonds is 5. The largest absolute Gasteiger partial charge is 0.397 e. The molecular weight excluding hydrogens is 254 g/mol. The highest BCUT2D eigenvalue weighted by Crippen LogP contribution is 2.20. The van der Waals surface area contributed by atoms with Gasteiger partial charge in [0, 0.05) is 45.0 Å². The van der Waals surface area contributed by atoms with E-state index in [1.165, 1.54) is 4.90 Å². The molecule has 2 aromatic rings. The topological polar surface area (TPSA) is 87.0 Å². The van der Waals surface area contributed by atoms with Gasteiger partial charge in [-0.05, 0) is 18.2 Å². The summed E-state index contributed by atoms with van der Waals surface area (Å²) in [6.45, 7) is 0.692. The Hall–Kier alpha value is -2.50. The molecule has 6 heteroatoms. The fourth-order valence-corrected chi connectivity index (χ4v) is 1.85. The predicted octanol–water partition coefficient (Wildman–Crippen LogP) is 1.35. The number of carbonyl (C=O) groups excluding carboxylic acids is 1. The van der Waals surface area contributed by atoms with E-state index in [2.05, 4.69) is 15.3 Å². The number of aromatic nitrogens is 2. The zero-order chi connectivity index (χ0) is 14.5. The molecule has 106 valence electrons. The van der Waals surface area contributed by atoms with Crippen LogP contribution in [0.3, 0.4) is 0 Å². The van der Waals surface area contributed by atoms with Crippen LogP contribution in [0.4, 0.5) is 11.4 Å². The lowest BCUT2D eigenvalue weighted by atomic mass is 10.1. The molecule has 1 heterocycles. The van der Waals surface area contributed by atoms with Gasteiger partial charge in [-0.25, -0.2) is 4.98 Å². The fourth-order valence-electron chi connectivity index (χ4n) is 1.85. The zero-order valence-corrected chi connectivity index (χ0v) is 11.7. The van der Waals surface area contributed by atoms with Gasteiger partial charge in [-0.3, -0.25) is 4.79 Å². The lowest BCUT2D eigenvalue weighted by molar-refractivity contribution is 0.0827. The average molecular weight is 273 g/mol. The van der Waals surface area contributed by atoms with Crippen molar-refractivity contribution in [3.8, 4) is 0 Å². The summed E-state index contributed by atoms with van der Waals surface area (Å²) in [7, 11) is 3.45. The Balaban J connectivity index is 2.03. The highest BCUT2D eigenvalue weighted by Gasteiger charge is 2.10. The van der Waals surface area contributed by atoms with E-state index < -0.39 is 0 Å². The zero-order valence-electron chi connectivity index (χ0n) is 11.7. The highest BCUT2D eigenvalue weighted by atomic mass is 16.2. The van der Waals surface area contributed by atoms with Crippen molar-refractivity contribution in [2.45, 2.75) is 6.42 Å². The molecule has 0 radical (unpaired) electrons. The standard InChI is InChI=1S/C14H19N5O/c1-19(2)14(20)10-3-4-11(15)12(9-10)16-6-5-13-17-7-8-18-13/h3-4,7-9,16H,5-6,15H2,1-2H3,(H,17,18). The van der Waals surface area contributed by atoms with Crippen LogP contribution in [0.1, 0.15) is 16.2 Å². The minimum atomic E-state index is -0.0425. The van der Waals surface area contributed by atoms with Gasteiger partial charge in [0.15, 0.2) is 0 Å². The maximum atomic E-state index is 11.9. The molecule has 0 bridgehead atoms. The number of H-pyrrole nitrogens is 1. The number of nitrogens with two attached hydrogens (primary N) is 1. The van der Waals surface area contributed by atoms with E-state index in [9.17, 15) is 4.79 Å². The molecule has 0 saturated carbocycles. The molecule has 0 fully saturated rings. The van der Waals surface area contributed by atoms with E-state index in [-0.39, 0.29) is 5.91 Å². The molecular formula is C14H19N5O. The van der Waals surface area contributed by atoms with Crippen LogP contribution in [-0.4, -0.2) is 41.4 Å². The van der Waals surface area contributed by atoms with Crippen molar-refractivity contribution in [3.63, 3.8) is 0 Å². The van der Waals surface area contributed by atoms with Crippen LogP contribution in [0.15, 0.2) is 30.6 Å². The summed E-state index contributed by atoms with van der Waals surface area (Å²) < 4.78 is 0. The highest BCUT2D eigenvalue weighted by molar-refractivity contribution is 5.95. The van der Waals surface area contributed by atoms with Gasteiger partial charge in [0.05, 0.1) is 11.4 Å². The smallest absolute Gasteiger partial charge is 0.253 e. The molecule has 4 N–H and O–H groups in total. The van der Waals surface area contributed by atoms with Crippen molar-refractivity contribution in [1.82, 2.24) is 14.9 Å². The molecule has 2 rings (SSSR count). The Morgan fingerprint density at radius 3 is 2.90 bits per heavy atom. The van der Waals surface area contributed by atoms with Gasteiger partial charge in [0.1, 0.15) is 5.82 Å². The summed E-state index contributed by atoms with van der Waals surface area (Å²) in [5, 5.41) is 3.23. The number of nitrogens with zero attached hydrogens (tertiary/aromatic N) is 2. The number of carbonyl (C=O) groups is 1. The average Bonchev–Trinajstić information content (AvgIpc) is 2.93. The Labute approximate surface area is 118 Å². The third-order valence-electron chi connectivity index (χ3n) is 2.94. The Morgan fingerprint density at radius 1 is 1.45 bits per heavy atom. The minimum Gasteiger partial charge on any atom is -0.397 e. The molecule has 6 nitrogen and oxygen atoms in total. The van der Waals surface area contributed by atoms with Crippen molar-refractivity contribution in [2.75, 3.05) is 31.7 Å². The number of hydrogen-bond acceptors (Lipinski definition) is 4. The summed E-state index contributed by atoms with van der Waals surface area (Å²) in [6.07, 6.45) is 4.28. The number of benzene rings is 1. The first kappa shape index (κ1) is 13.9. The van der Waals surface area contributed by atoms with Crippen LogP contribution in [-0.2, 0) is 6.42 Å². The molecule has 0 unspecified atom stereocenters. The maximum Gasteiger partial charge on any atom is 0.253 e. The lowest BCUT2D eigenvalue weighted by Gasteiger charge is -2.13. The first-order valence-corrected chi connectivity index (χ1v) is 6.41. The minimum absolute atomic E-state index is 0.0425. The number of aromatic amines is 1. The van der Waals surface area contributed by atoms with Gasteiger partial charge in [-0.2, -0.15) is 0 Å². The second-order valence-electron chi connectivity index (χ2n) is 4.71. The quantitative estimate of drug-likeness (QED) is 0.718. The van der Waals surface area contributed by atoms with Crippen molar-refractivity contribution in [1.29, 1.82) is 0 Å². The van der Waals surface area contributed by atoms with Crippen molar-refractivity contribution >= 4 is 17.3 Å². The number of anilines is 2. The van der Waals surface area contributed by atoms with Crippen LogP contribution >= 0.6 is 0 Å². The van der Waals surface area contributed by atoms with E-state index in [1.54, 1.807) is 44.7 Å². The van der Waals surface area contributed by atoms with Gasteiger partial charge in [-0.1, -0.05) is 0 Å². The van der Waals surface area contributed by atoms with E-state index in [1.807, 2.05) is 0 Å². The number of imidazole rings is 1. The summed E-state index contributed by atoms with van der Waals surface area (Å²) in [6, 6.07) is 5.25. The number of nitrogens with one attached hydrogen (secondary N) is 2. The van der Waals surface area contributed by atoms with Crippen LogP contribution in [0, 0.1) is 0 Å². The molecule has 0 spiro atoms. The normalized spacial score (nSPS) is 10.3. The predicted molar refractivity (Wildman–Crippen MR) is 79.7 cm³/mol. The molecule has 0 aliphatic carbocycles. The van der Waals surface area contributed by atoms with Crippen LogP contribution in [0.25, 0.3) is 0 Å². The third kappa shape index (κ3) is 3.28. The van der Waals surface area contributed by atoms with E-state index in [4.69, 9.17) is 5.73 Å². The number of hydrogen-bond donors (Lipinski definition) is 3. The molecule has 0 aliphatic rings. The summed E-state index contributed by atoms with van der Waals surface area (Å²) in [4.78, 5) is 20.6.